The summed E-state index contributed by atoms with van der Waals surface area (Å²) >= 11 is 0. The summed E-state index contributed by atoms with van der Waals surface area (Å²) in [6, 6.07) is 0. The predicted molar refractivity (Wildman–Crippen MR) is 37.5 cm³/mol. The van der Waals surface area contributed by atoms with Crippen LogP contribution in [0.3, 0.4) is 0 Å². The first-order valence-corrected chi connectivity index (χ1v) is 3.47. The lowest BCUT2D eigenvalue weighted by Gasteiger charge is -2.13. The van der Waals surface area contributed by atoms with Crippen molar-refractivity contribution < 1.29 is 18.0 Å². The van der Waals surface area contributed by atoms with Gasteiger partial charge in [-0.1, -0.05) is 6.08 Å². The number of hydrogen-bond donors (Lipinski definition) is 0. The average Bonchev–Trinajstić information content (AvgIpc) is 2.03. The van der Waals surface area contributed by atoms with Crippen LogP contribution < -0.4 is 0 Å². The van der Waals surface area contributed by atoms with Crippen LogP contribution in [0.5, 0.6) is 0 Å². The molecule has 0 unspecified atom stereocenters. The van der Waals surface area contributed by atoms with Gasteiger partial charge in [0.25, 0.3) is 0 Å². The number of alkyl halides is 3. The van der Waals surface area contributed by atoms with E-state index in [0.29, 0.717) is 12.7 Å². The highest BCUT2D eigenvalue weighted by atomic mass is 19.4. The molecule has 1 nitrogen and oxygen atoms in total. The van der Waals surface area contributed by atoms with Gasteiger partial charge in [-0.2, -0.15) is 13.2 Å². The van der Waals surface area contributed by atoms with Gasteiger partial charge in [-0.3, -0.25) is 4.79 Å². The quantitative estimate of drug-likeness (QED) is 0.560. The first-order valence-electron chi connectivity index (χ1n) is 3.47. The summed E-state index contributed by atoms with van der Waals surface area (Å²) in [6.07, 6.45) is -1.19. The number of aldehydes is 1. The molecule has 0 saturated heterocycles. The Labute approximate surface area is 67.6 Å². The van der Waals surface area contributed by atoms with Crippen LogP contribution in [0, 0.1) is 0 Å². The van der Waals surface area contributed by atoms with Gasteiger partial charge >= 0.3 is 6.18 Å². The predicted octanol–water partition coefficient (Wildman–Crippen LogP) is 2.39. The molecule has 4 heteroatoms. The van der Waals surface area contributed by atoms with E-state index in [1.54, 1.807) is 0 Å². The Morgan fingerprint density at radius 2 is 2.08 bits per heavy atom. The topological polar surface area (TPSA) is 17.1 Å². The lowest BCUT2D eigenvalue weighted by atomic mass is 10.00. The van der Waals surface area contributed by atoms with Crippen molar-refractivity contribution in [2.75, 3.05) is 0 Å². The number of halogens is 3. The van der Waals surface area contributed by atoms with E-state index in [2.05, 4.69) is 0 Å². The van der Waals surface area contributed by atoms with Crippen LogP contribution in [0.1, 0.15) is 12.8 Å². The van der Waals surface area contributed by atoms with E-state index in [-0.39, 0.29) is 12.0 Å². The van der Waals surface area contributed by atoms with Gasteiger partial charge in [0.1, 0.15) is 6.29 Å². The minimum atomic E-state index is -4.29. The summed E-state index contributed by atoms with van der Waals surface area (Å²) in [6.45, 7) is 0. The third kappa shape index (κ3) is 1.96. The highest BCUT2D eigenvalue weighted by Gasteiger charge is 2.33. The van der Waals surface area contributed by atoms with Gasteiger partial charge in [-0.25, -0.2) is 0 Å². The summed E-state index contributed by atoms with van der Waals surface area (Å²) in [5.41, 5.74) is -0.499. The molecule has 0 spiro atoms. The summed E-state index contributed by atoms with van der Waals surface area (Å²) in [5.74, 6) is 0. The average molecular weight is 176 g/mol. The summed E-state index contributed by atoms with van der Waals surface area (Å²) in [5, 5.41) is 0. The van der Waals surface area contributed by atoms with Gasteiger partial charge in [-0.15, -0.1) is 0 Å². The van der Waals surface area contributed by atoms with Crippen LogP contribution in [-0.4, -0.2) is 12.5 Å². The van der Waals surface area contributed by atoms with E-state index >= 15 is 0 Å². The Hall–Kier alpha value is -1.06. The van der Waals surface area contributed by atoms with Crippen molar-refractivity contribution in [1.82, 2.24) is 0 Å². The molecule has 66 valence electrons. The maximum absolute atomic E-state index is 12.0. The minimum absolute atomic E-state index is 0.0269. The molecular formula is C8H7F3O. The Balaban J connectivity index is 2.87. The Bertz CT molecular complexity index is 248. The van der Waals surface area contributed by atoms with Crippen molar-refractivity contribution in [2.45, 2.75) is 19.0 Å². The molecule has 0 atom stereocenters. The standard InChI is InChI=1S/C8H7F3O/c9-8(10,11)7-3-1-2-6(4-7)5-12/h2,4-5H,1,3H2. The molecule has 0 aromatic carbocycles. The van der Waals surface area contributed by atoms with Gasteiger partial charge < -0.3 is 0 Å². The molecule has 1 aliphatic rings. The minimum Gasteiger partial charge on any atom is -0.298 e. The molecular weight excluding hydrogens is 169 g/mol. The molecule has 0 aliphatic heterocycles. The molecule has 0 N–H and O–H groups in total. The number of rotatable bonds is 1. The molecule has 1 aliphatic carbocycles. The van der Waals surface area contributed by atoms with E-state index in [0.717, 1.165) is 6.08 Å². The molecule has 0 aromatic rings. The van der Waals surface area contributed by atoms with E-state index in [9.17, 15) is 18.0 Å². The fourth-order valence-corrected chi connectivity index (χ4v) is 1.03. The van der Waals surface area contributed by atoms with Crippen molar-refractivity contribution in [1.29, 1.82) is 0 Å². The van der Waals surface area contributed by atoms with Crippen LogP contribution in [0.2, 0.25) is 0 Å². The summed E-state index contributed by atoms with van der Waals surface area (Å²) in [7, 11) is 0. The van der Waals surface area contributed by atoms with Crippen LogP contribution in [0.15, 0.2) is 23.3 Å². The number of carbonyl (C=O) groups is 1. The number of carbonyl (C=O) groups excluding carboxylic acids is 1. The normalized spacial score (nSPS) is 18.2. The zero-order valence-corrected chi connectivity index (χ0v) is 6.19. The van der Waals surface area contributed by atoms with Crippen molar-refractivity contribution in [2.24, 2.45) is 0 Å². The monoisotopic (exact) mass is 176 g/mol. The Morgan fingerprint density at radius 3 is 2.58 bits per heavy atom. The molecule has 0 saturated carbocycles. The second kappa shape index (κ2) is 3.13. The SMILES string of the molecule is O=CC1=CCCC(C(F)(F)F)=C1. The molecule has 0 bridgehead atoms. The van der Waals surface area contributed by atoms with Crippen molar-refractivity contribution >= 4 is 6.29 Å². The van der Waals surface area contributed by atoms with Crippen molar-refractivity contribution in [3.63, 3.8) is 0 Å². The first kappa shape index (κ1) is 9.03. The smallest absolute Gasteiger partial charge is 0.298 e. The maximum atomic E-state index is 12.0. The van der Waals surface area contributed by atoms with Crippen molar-refractivity contribution in [3.8, 4) is 0 Å². The lowest BCUT2D eigenvalue weighted by Crippen LogP contribution is -2.13. The van der Waals surface area contributed by atoms with Crippen LogP contribution in [0.25, 0.3) is 0 Å². The Kier molecular flexibility index (Phi) is 2.35. The lowest BCUT2D eigenvalue weighted by molar-refractivity contribution is -0.104. The fraction of sp³-hybridized carbons (Fsp3) is 0.375. The van der Waals surface area contributed by atoms with Gasteiger partial charge in [0.05, 0.1) is 0 Å². The van der Waals surface area contributed by atoms with E-state index in [1.165, 1.54) is 6.08 Å². The van der Waals surface area contributed by atoms with Crippen LogP contribution in [-0.2, 0) is 4.79 Å². The van der Waals surface area contributed by atoms with Crippen LogP contribution in [0.4, 0.5) is 13.2 Å². The van der Waals surface area contributed by atoms with Crippen LogP contribution >= 0.6 is 0 Å². The molecule has 1 rings (SSSR count). The molecule has 0 fully saturated rings. The third-order valence-electron chi connectivity index (χ3n) is 1.63. The largest absolute Gasteiger partial charge is 0.412 e. The van der Waals surface area contributed by atoms with Gasteiger partial charge in [0.15, 0.2) is 0 Å². The number of allylic oxidation sites excluding steroid dienone is 4. The zero-order chi connectivity index (χ0) is 9.19. The highest BCUT2D eigenvalue weighted by molar-refractivity contribution is 5.78. The van der Waals surface area contributed by atoms with E-state index in [1.807, 2.05) is 0 Å². The van der Waals surface area contributed by atoms with E-state index in [4.69, 9.17) is 0 Å². The fourth-order valence-electron chi connectivity index (χ4n) is 1.03. The second-order valence-corrected chi connectivity index (χ2v) is 2.53. The van der Waals surface area contributed by atoms with Gasteiger partial charge in [-0.05, 0) is 18.9 Å². The maximum Gasteiger partial charge on any atom is 0.412 e. The number of hydrogen-bond acceptors (Lipinski definition) is 1. The molecule has 0 heterocycles. The molecule has 12 heavy (non-hydrogen) atoms. The molecule has 0 radical (unpaired) electrons. The molecule has 0 amide bonds. The third-order valence-corrected chi connectivity index (χ3v) is 1.63. The van der Waals surface area contributed by atoms with Crippen molar-refractivity contribution in [3.05, 3.63) is 23.3 Å². The highest BCUT2D eigenvalue weighted by Crippen LogP contribution is 2.32. The summed E-state index contributed by atoms with van der Waals surface area (Å²) in [4.78, 5) is 10.2. The molecule has 0 aromatic heterocycles. The zero-order valence-electron chi connectivity index (χ0n) is 6.19. The van der Waals surface area contributed by atoms with Gasteiger partial charge in [0, 0.05) is 11.1 Å². The van der Waals surface area contributed by atoms with Gasteiger partial charge in [0.2, 0.25) is 0 Å². The second-order valence-electron chi connectivity index (χ2n) is 2.53. The van der Waals surface area contributed by atoms with E-state index < -0.39 is 11.7 Å². The Morgan fingerprint density at radius 1 is 1.42 bits per heavy atom. The summed E-state index contributed by atoms with van der Waals surface area (Å²) < 4.78 is 36.1. The first-order chi connectivity index (χ1) is 5.54.